The fraction of sp³-hybridized carbons (Fsp3) is 0.250. The molecule has 0 unspecified atom stereocenters. The van der Waals surface area contributed by atoms with Gasteiger partial charge in [0, 0.05) is 5.33 Å². The van der Waals surface area contributed by atoms with Crippen LogP contribution in [-0.4, -0.2) is 6.36 Å². The van der Waals surface area contributed by atoms with Gasteiger partial charge in [0.1, 0.15) is 0 Å². The van der Waals surface area contributed by atoms with Crippen LogP contribution in [0.4, 0.5) is 17.6 Å². The smallest absolute Gasteiger partial charge is 0.403 e. The van der Waals surface area contributed by atoms with Gasteiger partial charge in [0.25, 0.3) is 0 Å². The van der Waals surface area contributed by atoms with Crippen molar-refractivity contribution in [3.8, 4) is 5.75 Å². The van der Waals surface area contributed by atoms with Gasteiger partial charge in [0.2, 0.25) is 0 Å². The lowest BCUT2D eigenvalue weighted by Crippen LogP contribution is -2.18. The predicted octanol–water partition coefficient (Wildman–Crippen LogP) is 3.62. The Morgan fingerprint density at radius 1 is 1.29 bits per heavy atom. The molecule has 0 saturated carbocycles. The molecule has 0 atom stereocenters. The number of hydrogen-bond acceptors (Lipinski definition) is 1. The van der Waals surface area contributed by atoms with E-state index >= 15 is 0 Å². The molecule has 1 aromatic carbocycles. The molecule has 0 aromatic heterocycles. The first-order valence-corrected chi connectivity index (χ1v) is 4.64. The van der Waals surface area contributed by atoms with E-state index in [1.807, 2.05) is 0 Å². The van der Waals surface area contributed by atoms with Crippen molar-refractivity contribution in [1.82, 2.24) is 0 Å². The van der Waals surface area contributed by atoms with Gasteiger partial charge in [-0.3, -0.25) is 0 Å². The molecule has 0 N–H and O–H groups in total. The van der Waals surface area contributed by atoms with E-state index in [4.69, 9.17) is 0 Å². The highest BCUT2D eigenvalue weighted by molar-refractivity contribution is 9.08. The molecule has 1 aromatic rings. The summed E-state index contributed by atoms with van der Waals surface area (Å²) >= 11 is 3.04. The number of rotatable bonds is 2. The van der Waals surface area contributed by atoms with Gasteiger partial charge in [0.15, 0.2) is 11.6 Å². The summed E-state index contributed by atoms with van der Waals surface area (Å²) in [4.78, 5) is 0. The molecule has 0 aliphatic carbocycles. The minimum absolute atomic E-state index is 0.335. The molecule has 1 rings (SSSR count). The highest BCUT2D eigenvalue weighted by atomic mass is 79.9. The van der Waals surface area contributed by atoms with Crippen LogP contribution in [0.2, 0.25) is 0 Å². The van der Waals surface area contributed by atoms with Crippen LogP contribution >= 0.6 is 15.9 Å². The monoisotopic (exact) mass is 272 g/mol. The first-order valence-electron chi connectivity index (χ1n) is 3.52. The van der Waals surface area contributed by atoms with Crippen LogP contribution in [-0.2, 0) is 5.33 Å². The van der Waals surface area contributed by atoms with Crippen molar-refractivity contribution < 1.29 is 22.3 Å². The van der Waals surface area contributed by atoms with Gasteiger partial charge in [0.05, 0.1) is 0 Å². The van der Waals surface area contributed by atoms with Gasteiger partial charge in [-0.05, 0) is 17.7 Å². The molecule has 6 heteroatoms. The Balaban J connectivity index is 2.95. The first-order chi connectivity index (χ1) is 6.42. The molecule has 0 spiro atoms. The third-order valence-electron chi connectivity index (χ3n) is 1.38. The summed E-state index contributed by atoms with van der Waals surface area (Å²) in [5.74, 6) is -1.85. The first kappa shape index (κ1) is 11.3. The van der Waals surface area contributed by atoms with E-state index in [2.05, 4.69) is 20.7 Å². The summed E-state index contributed by atoms with van der Waals surface area (Å²) in [6, 6.07) is 3.29. The Bertz CT molecular complexity index is 324. The molecule has 0 radical (unpaired) electrons. The number of benzene rings is 1. The quantitative estimate of drug-likeness (QED) is 0.590. The van der Waals surface area contributed by atoms with Crippen molar-refractivity contribution in [2.24, 2.45) is 0 Å². The SMILES string of the molecule is Fc1ccc(CBr)cc1OC(F)(F)F. The van der Waals surface area contributed by atoms with E-state index < -0.39 is 17.9 Å². The minimum atomic E-state index is -4.87. The summed E-state index contributed by atoms with van der Waals surface area (Å²) in [7, 11) is 0. The maximum atomic E-state index is 12.8. The summed E-state index contributed by atoms with van der Waals surface area (Å²) in [6.07, 6.45) is -4.87. The molecule has 0 amide bonds. The maximum absolute atomic E-state index is 12.8. The molecule has 0 bridgehead atoms. The van der Waals surface area contributed by atoms with Crippen molar-refractivity contribution in [2.75, 3.05) is 0 Å². The average Bonchev–Trinajstić information content (AvgIpc) is 2.06. The zero-order valence-electron chi connectivity index (χ0n) is 6.74. The van der Waals surface area contributed by atoms with Crippen LogP contribution < -0.4 is 4.74 Å². The van der Waals surface area contributed by atoms with E-state index in [-0.39, 0.29) is 0 Å². The van der Waals surface area contributed by atoms with Crippen LogP contribution in [0.15, 0.2) is 18.2 Å². The summed E-state index contributed by atoms with van der Waals surface area (Å²) < 4.78 is 51.5. The van der Waals surface area contributed by atoms with Crippen molar-refractivity contribution in [3.05, 3.63) is 29.6 Å². The number of ether oxygens (including phenoxy) is 1. The molecular formula is C8H5BrF4O. The third-order valence-corrected chi connectivity index (χ3v) is 2.02. The molecule has 0 fully saturated rings. The van der Waals surface area contributed by atoms with Gasteiger partial charge < -0.3 is 4.74 Å². The average molecular weight is 273 g/mol. The largest absolute Gasteiger partial charge is 0.573 e. The summed E-state index contributed by atoms with van der Waals surface area (Å²) in [5.41, 5.74) is 0.505. The highest BCUT2D eigenvalue weighted by Crippen LogP contribution is 2.26. The number of halogens is 5. The van der Waals surface area contributed by atoms with E-state index in [0.29, 0.717) is 10.9 Å². The van der Waals surface area contributed by atoms with Gasteiger partial charge >= 0.3 is 6.36 Å². The lowest BCUT2D eigenvalue weighted by molar-refractivity contribution is -0.275. The number of alkyl halides is 4. The lowest BCUT2D eigenvalue weighted by atomic mass is 10.2. The Morgan fingerprint density at radius 3 is 2.43 bits per heavy atom. The lowest BCUT2D eigenvalue weighted by Gasteiger charge is -2.10. The van der Waals surface area contributed by atoms with Crippen LogP contribution in [0.1, 0.15) is 5.56 Å². The van der Waals surface area contributed by atoms with Crippen LogP contribution in [0.25, 0.3) is 0 Å². The maximum Gasteiger partial charge on any atom is 0.573 e. The van der Waals surface area contributed by atoms with Crippen molar-refractivity contribution in [1.29, 1.82) is 0 Å². The fourth-order valence-electron chi connectivity index (χ4n) is 0.834. The van der Waals surface area contributed by atoms with Gasteiger partial charge in [-0.2, -0.15) is 0 Å². The zero-order chi connectivity index (χ0) is 10.8. The Kier molecular flexibility index (Phi) is 3.36. The second-order valence-electron chi connectivity index (χ2n) is 2.45. The third kappa shape index (κ3) is 3.17. The molecule has 14 heavy (non-hydrogen) atoms. The van der Waals surface area contributed by atoms with E-state index in [1.54, 1.807) is 0 Å². The molecule has 0 aliphatic heterocycles. The fourth-order valence-corrected chi connectivity index (χ4v) is 1.18. The second kappa shape index (κ2) is 4.16. The van der Waals surface area contributed by atoms with Crippen molar-refractivity contribution in [3.63, 3.8) is 0 Å². The van der Waals surface area contributed by atoms with E-state index in [0.717, 1.165) is 12.1 Å². The van der Waals surface area contributed by atoms with E-state index in [1.165, 1.54) is 6.07 Å². The van der Waals surface area contributed by atoms with Crippen LogP contribution in [0.3, 0.4) is 0 Å². The molecule has 1 nitrogen and oxygen atoms in total. The topological polar surface area (TPSA) is 9.23 Å². The van der Waals surface area contributed by atoms with Crippen molar-refractivity contribution in [2.45, 2.75) is 11.7 Å². The predicted molar refractivity (Wildman–Crippen MR) is 45.7 cm³/mol. The van der Waals surface area contributed by atoms with Gasteiger partial charge in [-0.15, -0.1) is 13.2 Å². The molecular weight excluding hydrogens is 268 g/mol. The summed E-state index contributed by atoms with van der Waals surface area (Å²) in [5, 5.41) is 0.335. The zero-order valence-corrected chi connectivity index (χ0v) is 8.32. The Labute approximate surface area is 85.8 Å². The van der Waals surface area contributed by atoms with Gasteiger partial charge in [-0.1, -0.05) is 22.0 Å². The van der Waals surface area contributed by atoms with E-state index in [9.17, 15) is 17.6 Å². The molecule has 0 aliphatic rings. The van der Waals surface area contributed by atoms with Crippen molar-refractivity contribution >= 4 is 15.9 Å². The normalized spacial score (nSPS) is 11.5. The highest BCUT2D eigenvalue weighted by Gasteiger charge is 2.32. The molecule has 0 heterocycles. The Morgan fingerprint density at radius 2 is 1.93 bits per heavy atom. The Hall–Kier alpha value is -0.780. The number of hydrogen-bond donors (Lipinski definition) is 0. The second-order valence-corrected chi connectivity index (χ2v) is 3.01. The van der Waals surface area contributed by atoms with Crippen LogP contribution in [0, 0.1) is 5.82 Å². The standard InChI is InChI=1S/C8H5BrF4O/c9-4-5-1-2-6(10)7(3-5)14-8(11,12)13/h1-3H,4H2. The molecule has 78 valence electrons. The van der Waals surface area contributed by atoms with Crippen LogP contribution in [0.5, 0.6) is 5.75 Å². The molecule has 0 saturated heterocycles. The minimum Gasteiger partial charge on any atom is -0.403 e. The summed E-state index contributed by atoms with van der Waals surface area (Å²) in [6.45, 7) is 0. The van der Waals surface area contributed by atoms with Gasteiger partial charge in [-0.25, -0.2) is 4.39 Å².